The molecular formula is C21H17FN4O3. The molecule has 0 aliphatic carbocycles. The number of aromatic nitrogens is 4. The van der Waals surface area contributed by atoms with Crippen LogP contribution in [0.25, 0.3) is 23.0 Å². The summed E-state index contributed by atoms with van der Waals surface area (Å²) in [6, 6.07) is 13.8. The van der Waals surface area contributed by atoms with E-state index in [2.05, 4.69) is 15.1 Å². The zero-order valence-corrected chi connectivity index (χ0v) is 15.6. The SMILES string of the molecule is COc1ccccc1-c1noc(-c2ncn3c2CO[C@@H](c2ccc(F)cc2)C3)n1. The largest absolute Gasteiger partial charge is 0.496 e. The van der Waals surface area contributed by atoms with Crippen LogP contribution in [0.1, 0.15) is 17.4 Å². The lowest BCUT2D eigenvalue weighted by Crippen LogP contribution is -2.20. The van der Waals surface area contributed by atoms with Gasteiger partial charge in [-0.1, -0.05) is 29.4 Å². The third-order valence-electron chi connectivity index (χ3n) is 4.95. The summed E-state index contributed by atoms with van der Waals surface area (Å²) < 4.78 is 32.0. The maximum atomic E-state index is 13.2. The molecule has 8 heteroatoms. The summed E-state index contributed by atoms with van der Waals surface area (Å²) in [5.74, 6) is 1.15. The first-order valence-corrected chi connectivity index (χ1v) is 9.11. The van der Waals surface area contributed by atoms with Crippen molar-refractivity contribution in [2.75, 3.05) is 7.11 Å². The van der Waals surface area contributed by atoms with E-state index in [1.165, 1.54) is 12.1 Å². The molecule has 146 valence electrons. The van der Waals surface area contributed by atoms with Gasteiger partial charge < -0.3 is 18.6 Å². The van der Waals surface area contributed by atoms with Gasteiger partial charge in [0.1, 0.15) is 17.7 Å². The van der Waals surface area contributed by atoms with Crippen molar-refractivity contribution in [2.45, 2.75) is 19.3 Å². The molecule has 0 bridgehead atoms. The van der Waals surface area contributed by atoms with Gasteiger partial charge in [0.15, 0.2) is 5.69 Å². The Bertz CT molecular complexity index is 1150. The molecule has 1 aliphatic rings. The normalized spacial score (nSPS) is 15.9. The molecule has 29 heavy (non-hydrogen) atoms. The quantitative estimate of drug-likeness (QED) is 0.522. The maximum absolute atomic E-state index is 13.2. The zero-order chi connectivity index (χ0) is 19.8. The summed E-state index contributed by atoms with van der Waals surface area (Å²) in [7, 11) is 1.60. The van der Waals surface area contributed by atoms with Crippen molar-refractivity contribution in [1.82, 2.24) is 19.7 Å². The number of rotatable bonds is 4. The predicted octanol–water partition coefficient (Wildman–Crippen LogP) is 4.02. The monoisotopic (exact) mass is 392 g/mol. The van der Waals surface area contributed by atoms with Crippen LogP contribution in [0, 0.1) is 5.82 Å². The van der Waals surface area contributed by atoms with Crippen LogP contribution in [0.5, 0.6) is 5.75 Å². The Morgan fingerprint density at radius 1 is 1.14 bits per heavy atom. The number of halogens is 1. The Labute approximate surface area is 165 Å². The highest BCUT2D eigenvalue weighted by atomic mass is 19.1. The number of hydrogen-bond donors (Lipinski definition) is 0. The average Bonchev–Trinajstić information content (AvgIpc) is 3.40. The van der Waals surface area contributed by atoms with Crippen LogP contribution in [0.2, 0.25) is 0 Å². The Morgan fingerprint density at radius 3 is 2.79 bits per heavy atom. The summed E-state index contributed by atoms with van der Waals surface area (Å²) in [6.45, 7) is 0.908. The molecule has 3 heterocycles. The second-order valence-electron chi connectivity index (χ2n) is 6.67. The minimum Gasteiger partial charge on any atom is -0.496 e. The Kier molecular flexibility index (Phi) is 4.33. The number of benzene rings is 2. The lowest BCUT2D eigenvalue weighted by molar-refractivity contribution is 0.00326. The molecule has 0 saturated carbocycles. The van der Waals surface area contributed by atoms with E-state index < -0.39 is 0 Å². The molecule has 4 aromatic rings. The van der Waals surface area contributed by atoms with Crippen molar-refractivity contribution in [1.29, 1.82) is 0 Å². The van der Waals surface area contributed by atoms with E-state index in [9.17, 15) is 4.39 Å². The first-order valence-electron chi connectivity index (χ1n) is 9.11. The number of para-hydroxylation sites is 1. The Morgan fingerprint density at radius 2 is 1.97 bits per heavy atom. The fourth-order valence-corrected chi connectivity index (χ4v) is 3.44. The molecule has 0 saturated heterocycles. The van der Waals surface area contributed by atoms with Gasteiger partial charge in [-0.15, -0.1) is 0 Å². The van der Waals surface area contributed by atoms with Crippen LogP contribution in [0.4, 0.5) is 4.39 Å². The van der Waals surface area contributed by atoms with E-state index in [0.29, 0.717) is 36.3 Å². The topological polar surface area (TPSA) is 75.2 Å². The summed E-state index contributed by atoms with van der Waals surface area (Å²) >= 11 is 0. The predicted molar refractivity (Wildman–Crippen MR) is 101 cm³/mol. The van der Waals surface area contributed by atoms with Crippen molar-refractivity contribution in [2.24, 2.45) is 0 Å². The molecular weight excluding hydrogens is 375 g/mol. The minimum absolute atomic E-state index is 0.169. The van der Waals surface area contributed by atoms with E-state index in [0.717, 1.165) is 16.8 Å². The van der Waals surface area contributed by atoms with Gasteiger partial charge in [0, 0.05) is 0 Å². The van der Waals surface area contributed by atoms with Crippen LogP contribution in [0.3, 0.4) is 0 Å². The van der Waals surface area contributed by atoms with Gasteiger partial charge >= 0.3 is 0 Å². The number of methoxy groups -OCH3 is 1. The zero-order valence-electron chi connectivity index (χ0n) is 15.6. The van der Waals surface area contributed by atoms with Crippen LogP contribution in [-0.2, 0) is 17.9 Å². The second-order valence-corrected chi connectivity index (χ2v) is 6.67. The van der Waals surface area contributed by atoms with Gasteiger partial charge in [-0.05, 0) is 29.8 Å². The highest BCUT2D eigenvalue weighted by Crippen LogP contribution is 2.33. The fraction of sp³-hybridized carbons (Fsp3) is 0.190. The molecule has 1 aliphatic heterocycles. The lowest BCUT2D eigenvalue weighted by Gasteiger charge is -2.25. The fourth-order valence-electron chi connectivity index (χ4n) is 3.44. The molecule has 0 fully saturated rings. The smallest absolute Gasteiger partial charge is 0.278 e. The van der Waals surface area contributed by atoms with Crippen LogP contribution in [-0.4, -0.2) is 26.8 Å². The minimum atomic E-state index is -0.266. The summed E-state index contributed by atoms with van der Waals surface area (Å²) in [5, 5.41) is 4.08. The number of fused-ring (bicyclic) bond motifs is 1. The Balaban J connectivity index is 1.42. The third-order valence-corrected chi connectivity index (χ3v) is 4.95. The van der Waals surface area contributed by atoms with Gasteiger partial charge in [-0.2, -0.15) is 4.98 Å². The van der Waals surface area contributed by atoms with Crippen LogP contribution < -0.4 is 4.74 Å². The molecule has 5 rings (SSSR count). The van der Waals surface area contributed by atoms with Crippen molar-refractivity contribution >= 4 is 0 Å². The van der Waals surface area contributed by atoms with E-state index in [1.54, 1.807) is 25.6 Å². The van der Waals surface area contributed by atoms with Crippen molar-refractivity contribution in [3.63, 3.8) is 0 Å². The second kappa shape index (κ2) is 7.14. The van der Waals surface area contributed by atoms with Gasteiger partial charge in [0.25, 0.3) is 5.89 Å². The number of imidazole rings is 1. The van der Waals surface area contributed by atoms with Crippen LogP contribution in [0.15, 0.2) is 59.4 Å². The summed E-state index contributed by atoms with van der Waals surface area (Å²) in [4.78, 5) is 8.95. The molecule has 7 nitrogen and oxygen atoms in total. The lowest BCUT2D eigenvalue weighted by atomic mass is 10.1. The molecule has 1 atom stereocenters. The van der Waals surface area contributed by atoms with Gasteiger partial charge in [-0.3, -0.25) is 0 Å². The highest BCUT2D eigenvalue weighted by Gasteiger charge is 2.27. The van der Waals surface area contributed by atoms with Gasteiger partial charge in [0.05, 0.1) is 37.8 Å². The number of nitrogens with zero attached hydrogens (tertiary/aromatic N) is 4. The van der Waals surface area contributed by atoms with E-state index in [4.69, 9.17) is 14.0 Å². The molecule has 2 aromatic heterocycles. The first kappa shape index (κ1) is 17.6. The summed E-state index contributed by atoms with van der Waals surface area (Å²) in [5.41, 5.74) is 3.11. The molecule has 0 amide bonds. The molecule has 0 radical (unpaired) electrons. The van der Waals surface area contributed by atoms with Crippen molar-refractivity contribution in [3.8, 4) is 28.7 Å². The average molecular weight is 392 g/mol. The molecule has 0 spiro atoms. The first-order chi connectivity index (χ1) is 14.2. The van der Waals surface area contributed by atoms with Gasteiger partial charge in [0.2, 0.25) is 5.82 Å². The van der Waals surface area contributed by atoms with Crippen molar-refractivity contribution < 1.29 is 18.4 Å². The van der Waals surface area contributed by atoms with E-state index >= 15 is 0 Å². The Hall–Kier alpha value is -3.52. The molecule has 0 N–H and O–H groups in total. The van der Waals surface area contributed by atoms with Gasteiger partial charge in [-0.25, -0.2) is 9.37 Å². The van der Waals surface area contributed by atoms with E-state index in [-0.39, 0.29) is 11.9 Å². The highest BCUT2D eigenvalue weighted by molar-refractivity contribution is 5.65. The molecule has 2 aromatic carbocycles. The maximum Gasteiger partial charge on any atom is 0.278 e. The number of hydrogen-bond acceptors (Lipinski definition) is 6. The third kappa shape index (κ3) is 3.17. The van der Waals surface area contributed by atoms with E-state index in [1.807, 2.05) is 28.8 Å². The number of ether oxygens (including phenoxy) is 2. The summed E-state index contributed by atoms with van der Waals surface area (Å²) in [6.07, 6.45) is 1.56. The van der Waals surface area contributed by atoms with Crippen molar-refractivity contribution in [3.05, 3.63) is 71.9 Å². The molecule has 0 unspecified atom stereocenters. The standard InChI is InChI=1S/C21H17FN4O3/c1-27-17-5-3-2-4-15(17)20-24-21(29-25-20)19-16-11-28-18(10-26(16)12-23-19)13-6-8-14(22)9-7-13/h2-9,12,18H,10-11H2,1H3/t18-/m1/s1. The van der Waals surface area contributed by atoms with Crippen LogP contribution >= 0.6 is 0 Å².